The van der Waals surface area contributed by atoms with Gasteiger partial charge in [-0.05, 0) is 51.9 Å². The number of carboxylic acids is 1. The highest BCUT2D eigenvalue weighted by Gasteiger charge is 2.41. The van der Waals surface area contributed by atoms with Gasteiger partial charge in [-0.25, -0.2) is 8.42 Å². The Morgan fingerprint density at radius 1 is 1.24 bits per heavy atom. The van der Waals surface area contributed by atoms with Crippen LogP contribution >= 0.6 is 22.6 Å². The summed E-state index contributed by atoms with van der Waals surface area (Å²) in [6.45, 7) is 3.58. The van der Waals surface area contributed by atoms with E-state index in [1.807, 2.05) is 12.1 Å². The van der Waals surface area contributed by atoms with Crippen molar-refractivity contribution in [1.29, 1.82) is 0 Å². The third-order valence-electron chi connectivity index (χ3n) is 4.27. The Balaban J connectivity index is 2.06. The molecule has 7 heteroatoms. The van der Waals surface area contributed by atoms with Crippen molar-refractivity contribution < 1.29 is 18.3 Å². The maximum absolute atomic E-state index is 13.2. The highest BCUT2D eigenvalue weighted by atomic mass is 127. The van der Waals surface area contributed by atoms with Gasteiger partial charge < -0.3 is 5.11 Å². The summed E-state index contributed by atoms with van der Waals surface area (Å²) >= 11 is 2.15. The quantitative estimate of drug-likeness (QED) is 0.537. The van der Waals surface area contributed by atoms with Crippen molar-refractivity contribution in [1.82, 2.24) is 0 Å². The Kier molecular flexibility index (Phi) is 4.88. The summed E-state index contributed by atoms with van der Waals surface area (Å²) in [5.41, 5.74) is 1.54. The fraction of sp³-hybridized carbons (Fsp3) is 0.167. The van der Waals surface area contributed by atoms with Gasteiger partial charge in [-0.3, -0.25) is 9.10 Å². The fourth-order valence-electron chi connectivity index (χ4n) is 3.04. The molecule has 0 spiro atoms. The monoisotopic (exact) mass is 469 g/mol. The lowest BCUT2D eigenvalue weighted by Gasteiger charge is -2.25. The molecule has 130 valence electrons. The maximum atomic E-state index is 13.2. The van der Waals surface area contributed by atoms with Crippen LogP contribution in [0.25, 0.3) is 0 Å². The van der Waals surface area contributed by atoms with E-state index in [0.717, 1.165) is 3.57 Å². The van der Waals surface area contributed by atoms with Gasteiger partial charge in [0.25, 0.3) is 0 Å². The van der Waals surface area contributed by atoms with E-state index in [4.69, 9.17) is 0 Å². The summed E-state index contributed by atoms with van der Waals surface area (Å²) in [5.74, 6) is -1.90. The molecule has 0 saturated heterocycles. The van der Waals surface area contributed by atoms with Crippen molar-refractivity contribution >= 4 is 44.3 Å². The zero-order valence-electron chi connectivity index (χ0n) is 13.2. The molecule has 2 aromatic carbocycles. The van der Waals surface area contributed by atoms with E-state index in [1.54, 1.807) is 36.4 Å². The van der Waals surface area contributed by atoms with Gasteiger partial charge in [-0.2, -0.15) is 0 Å². The van der Waals surface area contributed by atoms with Crippen LogP contribution in [0.15, 0.2) is 61.2 Å². The number of carboxylic acid groups (broad SMARTS) is 1. The molecule has 0 aliphatic carbocycles. The first-order valence-corrected chi connectivity index (χ1v) is 10.2. The average molecular weight is 469 g/mol. The van der Waals surface area contributed by atoms with Gasteiger partial charge in [-0.1, -0.05) is 36.4 Å². The van der Waals surface area contributed by atoms with Crippen molar-refractivity contribution in [2.75, 3.05) is 10.8 Å². The standard InChI is InChI=1S/C18H16INO4S/c1-2-17(12-7-9-13(19)10-8-12)25(23,24)20-11-15(18(21)22)14-5-3-4-6-16(14)20/h2-10,15,17H,1,11H2,(H,21,22). The van der Waals surface area contributed by atoms with E-state index in [2.05, 4.69) is 29.2 Å². The number of anilines is 1. The van der Waals surface area contributed by atoms with Crippen LogP contribution in [0, 0.1) is 3.57 Å². The number of para-hydroxylation sites is 1. The van der Waals surface area contributed by atoms with E-state index in [-0.39, 0.29) is 6.54 Å². The molecule has 1 heterocycles. The lowest BCUT2D eigenvalue weighted by Crippen LogP contribution is -2.34. The van der Waals surface area contributed by atoms with Crippen LogP contribution < -0.4 is 4.31 Å². The van der Waals surface area contributed by atoms with Gasteiger partial charge in [0, 0.05) is 3.57 Å². The summed E-state index contributed by atoms with van der Waals surface area (Å²) in [6, 6.07) is 13.9. The zero-order valence-corrected chi connectivity index (χ0v) is 16.1. The molecule has 0 saturated carbocycles. The Labute approximate surface area is 160 Å². The summed E-state index contributed by atoms with van der Waals surface area (Å²) < 4.78 is 28.7. The second kappa shape index (κ2) is 6.80. The third kappa shape index (κ3) is 3.18. The third-order valence-corrected chi connectivity index (χ3v) is 7.05. The smallest absolute Gasteiger partial charge is 0.312 e. The van der Waals surface area contributed by atoms with E-state index >= 15 is 0 Å². The number of sulfonamides is 1. The second-order valence-corrected chi connectivity index (χ2v) is 8.96. The maximum Gasteiger partial charge on any atom is 0.312 e. The molecule has 0 amide bonds. The molecule has 1 aliphatic rings. The van der Waals surface area contributed by atoms with E-state index in [1.165, 1.54) is 10.4 Å². The van der Waals surface area contributed by atoms with Gasteiger partial charge in [-0.15, -0.1) is 6.58 Å². The number of aliphatic carboxylic acids is 1. The summed E-state index contributed by atoms with van der Waals surface area (Å²) in [5, 5.41) is 8.50. The summed E-state index contributed by atoms with van der Waals surface area (Å²) in [6.07, 6.45) is 1.38. The minimum atomic E-state index is -3.85. The topological polar surface area (TPSA) is 74.7 Å². The predicted octanol–water partition coefficient (Wildman–Crippen LogP) is 3.54. The molecular weight excluding hydrogens is 453 g/mol. The number of halogens is 1. The minimum Gasteiger partial charge on any atom is -0.481 e. The normalized spacial score (nSPS) is 17.8. The first-order chi connectivity index (χ1) is 11.9. The number of benzene rings is 2. The predicted molar refractivity (Wildman–Crippen MR) is 105 cm³/mol. The largest absolute Gasteiger partial charge is 0.481 e. The minimum absolute atomic E-state index is 0.105. The molecule has 2 unspecified atom stereocenters. The first-order valence-electron chi connectivity index (χ1n) is 7.57. The molecule has 2 aromatic rings. The van der Waals surface area contributed by atoms with E-state index in [0.29, 0.717) is 16.8 Å². The zero-order chi connectivity index (χ0) is 18.2. The lowest BCUT2D eigenvalue weighted by molar-refractivity contribution is -0.138. The van der Waals surface area contributed by atoms with Crippen LogP contribution in [0.5, 0.6) is 0 Å². The molecule has 0 aromatic heterocycles. The Bertz CT molecular complexity index is 924. The number of hydrogen-bond donors (Lipinski definition) is 1. The van der Waals surface area contributed by atoms with Crippen molar-refractivity contribution in [2.45, 2.75) is 11.2 Å². The van der Waals surface area contributed by atoms with Gasteiger partial charge in [0.1, 0.15) is 11.2 Å². The molecule has 0 radical (unpaired) electrons. The van der Waals surface area contributed by atoms with Crippen LogP contribution in [0.4, 0.5) is 5.69 Å². The van der Waals surface area contributed by atoms with Crippen molar-refractivity contribution in [3.8, 4) is 0 Å². The van der Waals surface area contributed by atoms with Crippen LogP contribution in [-0.2, 0) is 14.8 Å². The van der Waals surface area contributed by atoms with Crippen LogP contribution in [0.2, 0.25) is 0 Å². The van der Waals surface area contributed by atoms with Gasteiger partial charge in [0.2, 0.25) is 10.0 Å². The fourth-order valence-corrected chi connectivity index (χ4v) is 5.22. The molecule has 3 rings (SSSR count). The van der Waals surface area contributed by atoms with Crippen LogP contribution in [-0.4, -0.2) is 26.0 Å². The van der Waals surface area contributed by atoms with Crippen LogP contribution in [0.1, 0.15) is 22.3 Å². The molecule has 25 heavy (non-hydrogen) atoms. The SMILES string of the molecule is C=CC(c1ccc(I)cc1)S(=O)(=O)N1CC(C(=O)O)c2ccccc21. The highest BCUT2D eigenvalue weighted by molar-refractivity contribution is 14.1. The molecule has 1 N–H and O–H groups in total. The Hall–Kier alpha value is -1.87. The van der Waals surface area contributed by atoms with Gasteiger partial charge in [0.15, 0.2) is 0 Å². The molecule has 1 aliphatic heterocycles. The summed E-state index contributed by atoms with van der Waals surface area (Å²) in [4.78, 5) is 11.5. The Morgan fingerprint density at radius 3 is 2.48 bits per heavy atom. The van der Waals surface area contributed by atoms with E-state index in [9.17, 15) is 18.3 Å². The summed E-state index contributed by atoms with van der Waals surface area (Å²) in [7, 11) is -3.85. The molecular formula is C18H16INO4S. The highest BCUT2D eigenvalue weighted by Crippen LogP contribution is 2.41. The van der Waals surface area contributed by atoms with Crippen molar-refractivity contribution in [2.24, 2.45) is 0 Å². The second-order valence-electron chi connectivity index (χ2n) is 5.73. The van der Waals surface area contributed by atoms with Gasteiger partial charge >= 0.3 is 5.97 Å². The van der Waals surface area contributed by atoms with Gasteiger partial charge in [0.05, 0.1) is 12.2 Å². The molecule has 0 fully saturated rings. The number of carbonyl (C=O) groups is 1. The molecule has 0 bridgehead atoms. The molecule has 2 atom stereocenters. The number of fused-ring (bicyclic) bond motifs is 1. The average Bonchev–Trinajstić information content (AvgIpc) is 2.98. The number of hydrogen-bond acceptors (Lipinski definition) is 3. The lowest BCUT2D eigenvalue weighted by atomic mass is 10.0. The molecule has 5 nitrogen and oxygen atoms in total. The number of rotatable bonds is 5. The van der Waals surface area contributed by atoms with Crippen molar-refractivity contribution in [3.63, 3.8) is 0 Å². The van der Waals surface area contributed by atoms with E-state index < -0.39 is 27.2 Å². The van der Waals surface area contributed by atoms with Crippen molar-refractivity contribution in [3.05, 3.63) is 75.9 Å². The first kappa shape index (κ1) is 17.9. The van der Waals surface area contributed by atoms with Crippen LogP contribution in [0.3, 0.4) is 0 Å². The number of nitrogens with zero attached hydrogens (tertiary/aromatic N) is 1. The Morgan fingerprint density at radius 2 is 1.88 bits per heavy atom.